The number of amides is 1. The van der Waals surface area contributed by atoms with Crippen molar-refractivity contribution in [3.63, 3.8) is 0 Å². The van der Waals surface area contributed by atoms with Crippen molar-refractivity contribution in [1.82, 2.24) is 0 Å². The lowest BCUT2D eigenvalue weighted by molar-refractivity contribution is -0.139. The van der Waals surface area contributed by atoms with Gasteiger partial charge in [0.05, 0.1) is 32.3 Å². The minimum Gasteiger partial charge on any atom is -0.497 e. The topological polar surface area (TPSA) is 142 Å². The molecule has 2 aromatic rings. The first-order valence-corrected chi connectivity index (χ1v) is 11.0. The highest BCUT2D eigenvalue weighted by molar-refractivity contribution is 5.93. The largest absolute Gasteiger partial charge is 0.497 e. The summed E-state index contributed by atoms with van der Waals surface area (Å²) in [6.45, 7) is 3.14. The third-order valence-corrected chi connectivity index (χ3v) is 5.35. The van der Waals surface area contributed by atoms with E-state index >= 15 is 0 Å². The van der Waals surface area contributed by atoms with E-state index in [9.17, 15) is 14.9 Å². The minimum absolute atomic E-state index is 0.0678. The molecule has 1 atom stereocenters. The van der Waals surface area contributed by atoms with Gasteiger partial charge in [0.2, 0.25) is 5.88 Å². The number of rotatable bonds is 9. The molecule has 0 bridgehead atoms. The van der Waals surface area contributed by atoms with Gasteiger partial charge >= 0.3 is 5.97 Å². The molecule has 188 valence electrons. The van der Waals surface area contributed by atoms with Crippen LogP contribution in [0.25, 0.3) is 0 Å². The number of nitrogens with two attached hydrogens (primary N) is 1. The molecule has 1 aliphatic heterocycles. The van der Waals surface area contributed by atoms with Gasteiger partial charge in [-0.1, -0.05) is 6.07 Å². The number of allylic oxidation sites excluding steroid dienone is 2. The number of ether oxygens (including phenoxy) is 5. The van der Waals surface area contributed by atoms with Crippen LogP contribution in [0.5, 0.6) is 17.2 Å². The Labute approximate surface area is 208 Å². The van der Waals surface area contributed by atoms with E-state index in [1.807, 2.05) is 6.07 Å². The second-order valence-corrected chi connectivity index (χ2v) is 7.59. The number of anilines is 1. The van der Waals surface area contributed by atoms with Gasteiger partial charge in [0.15, 0.2) is 18.1 Å². The van der Waals surface area contributed by atoms with Gasteiger partial charge in [-0.15, -0.1) is 0 Å². The Morgan fingerprint density at radius 2 is 1.83 bits per heavy atom. The van der Waals surface area contributed by atoms with Gasteiger partial charge in [0.25, 0.3) is 5.91 Å². The van der Waals surface area contributed by atoms with Gasteiger partial charge in [-0.2, -0.15) is 5.26 Å². The fraction of sp³-hybridized carbons (Fsp3) is 0.269. The number of nitrogens with one attached hydrogen (secondary N) is 1. The molecular weight excluding hydrogens is 466 g/mol. The summed E-state index contributed by atoms with van der Waals surface area (Å²) < 4.78 is 26.8. The van der Waals surface area contributed by atoms with Gasteiger partial charge in [0.1, 0.15) is 23.2 Å². The van der Waals surface area contributed by atoms with Gasteiger partial charge in [-0.05, 0) is 55.8 Å². The SMILES string of the molecule is CCOC(=O)C1=C(C)OC(N)=C(C#N)C1c1ccc(OCC(=O)Nc2ccc(OC)cc2)c(OC)c1. The molecule has 1 amide bonds. The highest BCUT2D eigenvalue weighted by Crippen LogP contribution is 2.42. The molecular formula is C26H27N3O7. The maximum atomic E-state index is 12.7. The number of hydrogen-bond donors (Lipinski definition) is 2. The summed E-state index contributed by atoms with van der Waals surface area (Å²) in [7, 11) is 3.00. The van der Waals surface area contributed by atoms with E-state index in [4.69, 9.17) is 29.4 Å². The van der Waals surface area contributed by atoms with Gasteiger partial charge in [-0.25, -0.2) is 4.79 Å². The fourth-order valence-electron chi connectivity index (χ4n) is 3.69. The summed E-state index contributed by atoms with van der Waals surface area (Å²) in [5.41, 5.74) is 7.30. The van der Waals surface area contributed by atoms with Crippen LogP contribution in [0.1, 0.15) is 25.3 Å². The zero-order valence-corrected chi connectivity index (χ0v) is 20.4. The summed E-state index contributed by atoms with van der Waals surface area (Å²) in [6.07, 6.45) is 0. The summed E-state index contributed by atoms with van der Waals surface area (Å²) in [4.78, 5) is 25.1. The van der Waals surface area contributed by atoms with Crippen LogP contribution < -0.4 is 25.3 Å². The second-order valence-electron chi connectivity index (χ2n) is 7.59. The van der Waals surface area contributed by atoms with Crippen molar-refractivity contribution < 1.29 is 33.3 Å². The first kappa shape index (κ1) is 26.0. The lowest BCUT2D eigenvalue weighted by Gasteiger charge is -2.27. The maximum absolute atomic E-state index is 12.7. The second kappa shape index (κ2) is 11.7. The highest BCUT2D eigenvalue weighted by Gasteiger charge is 2.36. The Bertz CT molecular complexity index is 1240. The minimum atomic E-state index is -0.830. The van der Waals surface area contributed by atoms with Crippen molar-refractivity contribution in [2.24, 2.45) is 5.73 Å². The third kappa shape index (κ3) is 5.70. The van der Waals surface area contributed by atoms with Crippen molar-refractivity contribution in [1.29, 1.82) is 5.26 Å². The summed E-state index contributed by atoms with van der Waals surface area (Å²) in [5.74, 6) is -0.405. The van der Waals surface area contributed by atoms with Crippen LogP contribution in [0.2, 0.25) is 0 Å². The Hall–Kier alpha value is -4.65. The lowest BCUT2D eigenvalue weighted by Crippen LogP contribution is -2.25. The summed E-state index contributed by atoms with van der Waals surface area (Å²) in [5, 5.41) is 12.5. The monoisotopic (exact) mass is 493 g/mol. The number of methoxy groups -OCH3 is 2. The van der Waals surface area contributed by atoms with E-state index in [2.05, 4.69) is 5.32 Å². The molecule has 36 heavy (non-hydrogen) atoms. The molecule has 2 aromatic carbocycles. The first-order chi connectivity index (χ1) is 17.3. The number of esters is 1. The molecule has 0 aliphatic carbocycles. The van der Waals surface area contributed by atoms with Crippen molar-refractivity contribution >= 4 is 17.6 Å². The summed E-state index contributed by atoms with van der Waals surface area (Å²) in [6, 6.07) is 13.8. The zero-order valence-electron chi connectivity index (χ0n) is 20.4. The van der Waals surface area contributed by atoms with Crippen molar-refractivity contribution in [3.05, 3.63) is 70.8 Å². The Morgan fingerprint density at radius 3 is 2.44 bits per heavy atom. The van der Waals surface area contributed by atoms with E-state index < -0.39 is 11.9 Å². The predicted molar refractivity (Wildman–Crippen MR) is 130 cm³/mol. The lowest BCUT2D eigenvalue weighted by atomic mass is 9.83. The van der Waals surface area contributed by atoms with Gasteiger partial charge in [0, 0.05) is 5.69 Å². The molecule has 10 nitrogen and oxygen atoms in total. The van der Waals surface area contributed by atoms with Crippen molar-refractivity contribution in [2.45, 2.75) is 19.8 Å². The number of nitrogens with zero attached hydrogens (tertiary/aromatic N) is 1. The average Bonchev–Trinajstić information content (AvgIpc) is 2.87. The predicted octanol–water partition coefficient (Wildman–Crippen LogP) is 3.37. The number of carbonyl (C=O) groups is 2. The molecule has 0 saturated carbocycles. The van der Waals surface area contributed by atoms with E-state index in [-0.39, 0.29) is 41.9 Å². The van der Waals surface area contributed by atoms with Crippen molar-refractivity contribution in [3.8, 4) is 23.3 Å². The van der Waals surface area contributed by atoms with Crippen molar-refractivity contribution in [2.75, 3.05) is 32.8 Å². The van der Waals surface area contributed by atoms with Crippen LogP contribution in [0.3, 0.4) is 0 Å². The molecule has 0 fully saturated rings. The van der Waals surface area contributed by atoms with E-state index in [0.717, 1.165) is 0 Å². The molecule has 1 unspecified atom stereocenters. The standard InChI is InChI=1S/C26H27N3O7/c1-5-34-26(31)23-15(2)36-25(28)19(13-27)24(23)16-6-11-20(21(12-16)33-4)35-14-22(30)29-17-7-9-18(32-3)10-8-17/h6-12,24H,5,14,28H2,1-4H3,(H,29,30). The zero-order chi connectivity index (χ0) is 26.2. The average molecular weight is 494 g/mol. The smallest absolute Gasteiger partial charge is 0.338 e. The molecule has 3 rings (SSSR count). The molecule has 3 N–H and O–H groups in total. The maximum Gasteiger partial charge on any atom is 0.338 e. The molecule has 1 aliphatic rings. The molecule has 10 heteroatoms. The van der Waals surface area contributed by atoms with Crippen LogP contribution in [0, 0.1) is 11.3 Å². The quantitative estimate of drug-likeness (QED) is 0.503. The van der Waals surface area contributed by atoms with Crippen LogP contribution in [0.4, 0.5) is 5.69 Å². The van der Waals surface area contributed by atoms with Crippen LogP contribution in [0.15, 0.2) is 65.3 Å². The van der Waals surface area contributed by atoms with E-state index in [1.54, 1.807) is 63.4 Å². The molecule has 1 heterocycles. The molecule has 0 aromatic heterocycles. The van der Waals surface area contributed by atoms with Gasteiger partial charge < -0.3 is 34.7 Å². The van der Waals surface area contributed by atoms with Crippen LogP contribution in [-0.2, 0) is 19.1 Å². The molecule has 0 spiro atoms. The molecule has 0 radical (unpaired) electrons. The van der Waals surface area contributed by atoms with Crippen LogP contribution in [-0.4, -0.2) is 39.3 Å². The number of hydrogen-bond acceptors (Lipinski definition) is 9. The third-order valence-electron chi connectivity index (χ3n) is 5.35. The number of carbonyl (C=O) groups excluding carboxylic acids is 2. The normalized spacial score (nSPS) is 14.9. The Balaban J connectivity index is 1.83. The van der Waals surface area contributed by atoms with Crippen LogP contribution >= 0.6 is 0 Å². The molecule has 0 saturated heterocycles. The van der Waals surface area contributed by atoms with E-state index in [0.29, 0.717) is 28.5 Å². The summed E-state index contributed by atoms with van der Waals surface area (Å²) >= 11 is 0. The van der Waals surface area contributed by atoms with Gasteiger partial charge in [-0.3, -0.25) is 4.79 Å². The van der Waals surface area contributed by atoms with E-state index in [1.165, 1.54) is 7.11 Å². The number of benzene rings is 2. The Kier molecular flexibility index (Phi) is 8.41. The number of nitriles is 1. The fourth-order valence-corrected chi connectivity index (χ4v) is 3.69. The Morgan fingerprint density at radius 1 is 1.11 bits per heavy atom. The first-order valence-electron chi connectivity index (χ1n) is 11.0. The highest BCUT2D eigenvalue weighted by atomic mass is 16.5.